The molecule has 0 spiro atoms. The third-order valence-corrected chi connectivity index (χ3v) is 3.75. The molecule has 126 valence electrons. The first-order valence-electron chi connectivity index (χ1n) is 7.10. The van der Waals surface area contributed by atoms with Gasteiger partial charge in [0.05, 0.1) is 14.2 Å². The predicted molar refractivity (Wildman–Crippen MR) is 84.6 cm³/mol. The number of rotatable bonds is 6. The van der Waals surface area contributed by atoms with E-state index in [1.54, 1.807) is 20.3 Å². The van der Waals surface area contributed by atoms with Crippen molar-refractivity contribution in [2.75, 3.05) is 40.4 Å². The molecular formula is C15H23ClF2N2O2. The average Bonchev–Trinajstić information content (AvgIpc) is 2.52. The first-order chi connectivity index (χ1) is 10.1. The SMILES string of the molecule is COc1cc(OC)cc([C@H](CC(F)F)N2CCNCC2)c1.Cl. The van der Waals surface area contributed by atoms with Crippen molar-refractivity contribution in [3.05, 3.63) is 23.8 Å². The molecule has 1 aromatic rings. The van der Waals surface area contributed by atoms with Crippen molar-refractivity contribution in [1.29, 1.82) is 0 Å². The van der Waals surface area contributed by atoms with Crippen LogP contribution >= 0.6 is 12.4 Å². The molecule has 1 heterocycles. The Kier molecular flexibility index (Phi) is 7.85. The molecule has 1 N–H and O–H groups in total. The summed E-state index contributed by atoms with van der Waals surface area (Å²) in [4.78, 5) is 2.09. The molecule has 1 aromatic carbocycles. The van der Waals surface area contributed by atoms with E-state index in [9.17, 15) is 8.78 Å². The van der Waals surface area contributed by atoms with Crippen LogP contribution in [0, 0.1) is 0 Å². The molecule has 1 atom stereocenters. The Balaban J connectivity index is 0.00000242. The molecule has 7 heteroatoms. The van der Waals surface area contributed by atoms with E-state index in [1.807, 2.05) is 12.1 Å². The topological polar surface area (TPSA) is 33.7 Å². The average molecular weight is 337 g/mol. The minimum Gasteiger partial charge on any atom is -0.497 e. The quantitative estimate of drug-likeness (QED) is 0.866. The Morgan fingerprint density at radius 2 is 1.64 bits per heavy atom. The molecule has 0 unspecified atom stereocenters. The van der Waals surface area contributed by atoms with Crippen LogP contribution in [0.5, 0.6) is 11.5 Å². The van der Waals surface area contributed by atoms with Gasteiger partial charge in [-0.1, -0.05) is 0 Å². The Morgan fingerprint density at radius 3 is 2.09 bits per heavy atom. The highest BCUT2D eigenvalue weighted by molar-refractivity contribution is 5.85. The van der Waals surface area contributed by atoms with E-state index in [1.165, 1.54) is 0 Å². The molecule has 4 nitrogen and oxygen atoms in total. The molecule has 0 bridgehead atoms. The van der Waals surface area contributed by atoms with Crippen molar-refractivity contribution in [2.45, 2.75) is 18.9 Å². The summed E-state index contributed by atoms with van der Waals surface area (Å²) >= 11 is 0. The van der Waals surface area contributed by atoms with Crippen LogP contribution in [0.4, 0.5) is 8.78 Å². The van der Waals surface area contributed by atoms with E-state index < -0.39 is 6.43 Å². The maximum Gasteiger partial charge on any atom is 0.240 e. The summed E-state index contributed by atoms with van der Waals surface area (Å²) in [6, 6.07) is 5.06. The van der Waals surface area contributed by atoms with Crippen molar-refractivity contribution < 1.29 is 18.3 Å². The van der Waals surface area contributed by atoms with Crippen LogP contribution in [0.15, 0.2) is 18.2 Å². The first kappa shape index (κ1) is 18.9. The summed E-state index contributed by atoms with van der Waals surface area (Å²) in [5.74, 6) is 1.25. The van der Waals surface area contributed by atoms with E-state index in [2.05, 4.69) is 10.2 Å². The lowest BCUT2D eigenvalue weighted by atomic mass is 10.0. The smallest absolute Gasteiger partial charge is 0.240 e. The first-order valence-corrected chi connectivity index (χ1v) is 7.10. The predicted octanol–water partition coefficient (Wildman–Crippen LogP) is 2.73. The van der Waals surface area contributed by atoms with Gasteiger partial charge in [-0.2, -0.15) is 0 Å². The van der Waals surface area contributed by atoms with Crippen LogP contribution in [0.3, 0.4) is 0 Å². The minimum atomic E-state index is -2.35. The largest absolute Gasteiger partial charge is 0.497 e. The molecule has 1 aliphatic heterocycles. The van der Waals surface area contributed by atoms with E-state index in [0.717, 1.165) is 31.7 Å². The van der Waals surface area contributed by atoms with Crippen LogP contribution in [0.1, 0.15) is 18.0 Å². The second-order valence-electron chi connectivity index (χ2n) is 5.07. The second kappa shape index (κ2) is 9.12. The second-order valence-corrected chi connectivity index (χ2v) is 5.07. The van der Waals surface area contributed by atoms with Crippen molar-refractivity contribution in [3.8, 4) is 11.5 Å². The van der Waals surface area contributed by atoms with Crippen molar-refractivity contribution in [1.82, 2.24) is 10.2 Å². The van der Waals surface area contributed by atoms with Gasteiger partial charge in [0.2, 0.25) is 6.43 Å². The number of methoxy groups -OCH3 is 2. The summed E-state index contributed by atoms with van der Waals surface area (Å²) in [5.41, 5.74) is 0.813. The Bertz CT molecular complexity index is 435. The third kappa shape index (κ3) is 4.97. The standard InChI is InChI=1S/C15H22F2N2O2.ClH/c1-20-12-7-11(8-13(9-12)21-2)14(10-15(16)17)19-5-3-18-4-6-19;/h7-9,14-15,18H,3-6,10H2,1-2H3;1H/t14-;/m0./s1. The lowest BCUT2D eigenvalue weighted by Crippen LogP contribution is -2.45. The summed E-state index contributed by atoms with van der Waals surface area (Å²) in [7, 11) is 3.12. The monoisotopic (exact) mass is 336 g/mol. The van der Waals surface area contributed by atoms with Crippen molar-refractivity contribution in [2.24, 2.45) is 0 Å². The zero-order valence-corrected chi connectivity index (χ0v) is 13.7. The van der Waals surface area contributed by atoms with Gasteiger partial charge in [-0.05, 0) is 17.7 Å². The number of nitrogens with zero attached hydrogens (tertiary/aromatic N) is 1. The van der Waals surface area contributed by atoms with Gasteiger partial charge in [0, 0.05) is 44.7 Å². The van der Waals surface area contributed by atoms with Crippen LogP contribution in [-0.4, -0.2) is 51.7 Å². The van der Waals surface area contributed by atoms with Crippen LogP contribution in [0.25, 0.3) is 0 Å². The van der Waals surface area contributed by atoms with Gasteiger partial charge in [0.1, 0.15) is 11.5 Å². The molecule has 0 aliphatic carbocycles. The van der Waals surface area contributed by atoms with Gasteiger partial charge in [-0.25, -0.2) is 8.78 Å². The van der Waals surface area contributed by atoms with Gasteiger partial charge >= 0.3 is 0 Å². The lowest BCUT2D eigenvalue weighted by molar-refractivity contribution is 0.0737. The van der Waals surface area contributed by atoms with Gasteiger partial charge < -0.3 is 14.8 Å². The Morgan fingerprint density at radius 1 is 1.09 bits per heavy atom. The zero-order valence-electron chi connectivity index (χ0n) is 12.9. The molecule has 0 amide bonds. The number of piperazine rings is 1. The van der Waals surface area contributed by atoms with Gasteiger partial charge in [-0.3, -0.25) is 4.90 Å². The van der Waals surface area contributed by atoms with E-state index in [4.69, 9.17) is 9.47 Å². The summed E-state index contributed by atoms with van der Waals surface area (Å²) in [5, 5.41) is 3.24. The molecule has 1 saturated heterocycles. The van der Waals surface area contributed by atoms with Gasteiger partial charge in [0.25, 0.3) is 0 Å². The Labute approximate surface area is 136 Å². The molecule has 0 aromatic heterocycles. The van der Waals surface area contributed by atoms with Crippen LogP contribution in [0.2, 0.25) is 0 Å². The highest BCUT2D eigenvalue weighted by Gasteiger charge is 2.26. The maximum absolute atomic E-state index is 13.0. The lowest BCUT2D eigenvalue weighted by Gasteiger charge is -2.35. The van der Waals surface area contributed by atoms with E-state index in [0.29, 0.717) is 11.5 Å². The fourth-order valence-electron chi connectivity index (χ4n) is 2.68. The number of hydrogen-bond donors (Lipinski definition) is 1. The molecule has 0 saturated carbocycles. The minimum absolute atomic E-state index is 0. The molecule has 2 rings (SSSR count). The third-order valence-electron chi connectivity index (χ3n) is 3.75. The highest BCUT2D eigenvalue weighted by Crippen LogP contribution is 2.33. The maximum atomic E-state index is 13.0. The van der Waals surface area contributed by atoms with E-state index in [-0.39, 0.29) is 24.9 Å². The molecule has 1 fully saturated rings. The summed E-state index contributed by atoms with van der Waals surface area (Å²) < 4.78 is 36.5. The van der Waals surface area contributed by atoms with Crippen molar-refractivity contribution in [3.63, 3.8) is 0 Å². The van der Waals surface area contributed by atoms with Gasteiger partial charge in [0.15, 0.2) is 0 Å². The van der Waals surface area contributed by atoms with Crippen LogP contribution in [-0.2, 0) is 0 Å². The number of benzene rings is 1. The number of ether oxygens (including phenoxy) is 2. The number of halogens is 3. The number of alkyl halides is 2. The molecule has 0 radical (unpaired) electrons. The molecule has 22 heavy (non-hydrogen) atoms. The number of hydrogen-bond acceptors (Lipinski definition) is 4. The molecule has 1 aliphatic rings. The zero-order chi connectivity index (χ0) is 15.2. The fourth-order valence-corrected chi connectivity index (χ4v) is 2.68. The van der Waals surface area contributed by atoms with Gasteiger partial charge in [-0.15, -0.1) is 12.4 Å². The van der Waals surface area contributed by atoms with Crippen molar-refractivity contribution >= 4 is 12.4 Å². The van der Waals surface area contributed by atoms with Crippen LogP contribution < -0.4 is 14.8 Å². The molecular weight excluding hydrogens is 314 g/mol. The fraction of sp³-hybridized carbons (Fsp3) is 0.600. The summed E-state index contributed by atoms with van der Waals surface area (Å²) in [6.45, 7) is 3.16. The normalized spacial score (nSPS) is 17.0. The number of nitrogens with one attached hydrogen (secondary N) is 1. The highest BCUT2D eigenvalue weighted by atomic mass is 35.5. The summed E-state index contributed by atoms with van der Waals surface area (Å²) in [6.07, 6.45) is -2.53. The Hall–Kier alpha value is -1.11. The van der Waals surface area contributed by atoms with E-state index >= 15 is 0 Å².